The van der Waals surface area contributed by atoms with Crippen molar-refractivity contribution in [2.24, 2.45) is 0 Å². The van der Waals surface area contributed by atoms with Crippen molar-refractivity contribution in [3.63, 3.8) is 0 Å². The van der Waals surface area contributed by atoms with E-state index in [1.807, 2.05) is 0 Å². The normalized spacial score (nSPS) is 28.9. The summed E-state index contributed by atoms with van der Waals surface area (Å²) in [6.07, 6.45) is 5.47. The Balaban J connectivity index is 2.27. The number of rotatable bonds is 11. The van der Waals surface area contributed by atoms with Gasteiger partial charge in [-0.1, -0.05) is 64.7 Å². The number of hydrogen-bond donors (Lipinski definition) is 0. The van der Waals surface area contributed by atoms with E-state index in [1.165, 1.54) is 38.5 Å². The highest BCUT2D eigenvalue weighted by Gasteiger charge is 2.18. The highest BCUT2D eigenvalue weighted by molar-refractivity contribution is 5.77. The summed E-state index contributed by atoms with van der Waals surface area (Å²) in [5, 5.41) is 0. The minimum Gasteiger partial charge on any atom is -0.343 e. The second-order valence-electron chi connectivity index (χ2n) is 5.00. The predicted molar refractivity (Wildman–Crippen MR) is 77.7 cm³/mol. The van der Waals surface area contributed by atoms with E-state index in [1.54, 1.807) is 0 Å². The van der Waals surface area contributed by atoms with E-state index < -0.39 is 25.1 Å². The van der Waals surface area contributed by atoms with Crippen LogP contribution in [-0.4, -0.2) is 23.8 Å². The Morgan fingerprint density at radius 1 is 1.00 bits per heavy atom. The van der Waals surface area contributed by atoms with E-state index in [4.69, 9.17) is 8.22 Å². The topological polar surface area (TPSA) is 20.3 Å². The molecule has 1 saturated heterocycles. The summed E-state index contributed by atoms with van der Waals surface area (Å²) < 4.78 is 46.1. The first-order valence-electron chi connectivity index (χ1n) is 10.4. The van der Waals surface area contributed by atoms with Gasteiger partial charge in [0.25, 0.3) is 0 Å². The maximum absolute atomic E-state index is 12.0. The van der Waals surface area contributed by atoms with E-state index >= 15 is 0 Å². The fourth-order valence-corrected chi connectivity index (χ4v) is 2.18. The summed E-state index contributed by atoms with van der Waals surface area (Å²) in [7, 11) is 0. The van der Waals surface area contributed by atoms with Gasteiger partial charge in [0.2, 0.25) is 5.91 Å². The van der Waals surface area contributed by atoms with Crippen molar-refractivity contribution in [3.8, 4) is 0 Å². The fraction of sp³-hybridized carbons (Fsp3) is 0.938. The average Bonchev–Trinajstić information content (AvgIpc) is 2.59. The number of carbonyl (C=O) groups is 1. The van der Waals surface area contributed by atoms with Gasteiger partial charge in [-0.2, -0.15) is 0 Å². The molecule has 0 saturated carbocycles. The van der Waals surface area contributed by atoms with Crippen molar-refractivity contribution >= 4 is 5.91 Å². The largest absolute Gasteiger partial charge is 0.343 e. The van der Waals surface area contributed by atoms with Gasteiger partial charge in [-0.25, -0.2) is 0 Å². The number of likely N-dealkylation sites (tertiary alicyclic amines) is 1. The summed E-state index contributed by atoms with van der Waals surface area (Å²) in [4.78, 5) is 12.8. The minimum absolute atomic E-state index is 0.0708. The Morgan fingerprint density at radius 3 is 2.06 bits per heavy atom. The standard InChI is InChI=1S/C16H31NO/c1-2-3-4-5-6-7-8-9-10-11-14-17-15-12-13-16(17)18/h2-15H2,1H3/i12D2,13D2,15D2. The lowest BCUT2D eigenvalue weighted by molar-refractivity contribution is -0.127. The third-order valence-corrected chi connectivity index (χ3v) is 3.34. The van der Waals surface area contributed by atoms with Crippen LogP contribution >= 0.6 is 0 Å². The lowest BCUT2D eigenvalue weighted by Crippen LogP contribution is -2.25. The van der Waals surface area contributed by atoms with Crippen molar-refractivity contribution in [3.05, 3.63) is 0 Å². The highest BCUT2D eigenvalue weighted by Crippen LogP contribution is 2.13. The molecule has 1 fully saturated rings. The van der Waals surface area contributed by atoms with Crippen LogP contribution in [0.15, 0.2) is 0 Å². The molecule has 0 aromatic rings. The maximum Gasteiger partial charge on any atom is 0.222 e. The zero-order valence-corrected chi connectivity index (χ0v) is 11.6. The first-order valence-corrected chi connectivity index (χ1v) is 7.42. The van der Waals surface area contributed by atoms with Crippen LogP contribution in [0.3, 0.4) is 0 Å². The van der Waals surface area contributed by atoms with Crippen LogP contribution in [0.5, 0.6) is 0 Å². The van der Waals surface area contributed by atoms with E-state index in [-0.39, 0.29) is 6.54 Å². The predicted octanol–water partition coefficient (Wildman–Crippen LogP) is 4.53. The minimum atomic E-state index is -2.84. The Morgan fingerprint density at radius 2 is 1.56 bits per heavy atom. The maximum atomic E-state index is 12.0. The second kappa shape index (κ2) is 10.4. The van der Waals surface area contributed by atoms with E-state index in [0.29, 0.717) is 6.42 Å². The van der Waals surface area contributed by atoms with E-state index in [9.17, 15) is 4.79 Å². The third-order valence-electron chi connectivity index (χ3n) is 3.34. The summed E-state index contributed by atoms with van der Waals surface area (Å²) in [5.74, 6) is -1.08. The van der Waals surface area contributed by atoms with Gasteiger partial charge >= 0.3 is 0 Å². The molecule has 0 spiro atoms. The van der Waals surface area contributed by atoms with Gasteiger partial charge in [0.1, 0.15) is 0 Å². The fourth-order valence-electron chi connectivity index (χ4n) is 2.18. The van der Waals surface area contributed by atoms with Crippen molar-refractivity contribution in [2.45, 2.75) is 83.9 Å². The molecule has 1 amide bonds. The molecule has 1 aliphatic heterocycles. The smallest absolute Gasteiger partial charge is 0.222 e. The molecule has 1 aliphatic rings. The lowest BCUT2D eigenvalue weighted by atomic mass is 10.1. The summed E-state index contributed by atoms with van der Waals surface area (Å²) in [6, 6.07) is 0. The number of hydrogen-bond acceptors (Lipinski definition) is 1. The average molecular weight is 259 g/mol. The SMILES string of the molecule is [2H]C1([2H])C(=O)N(CCCCCCCCCCCC)C([2H])([2H])C1([2H])[2H]. The third kappa shape index (κ3) is 7.03. The first-order chi connectivity index (χ1) is 11.1. The molecule has 0 aromatic carbocycles. The molecule has 18 heavy (non-hydrogen) atoms. The van der Waals surface area contributed by atoms with E-state index in [0.717, 1.165) is 24.2 Å². The molecule has 0 radical (unpaired) electrons. The summed E-state index contributed by atoms with van der Waals surface area (Å²) in [5.41, 5.74) is 0. The Kier molecular flexibility index (Phi) is 4.97. The van der Waals surface area contributed by atoms with Crippen molar-refractivity contribution in [2.75, 3.05) is 13.0 Å². The Hall–Kier alpha value is -0.530. The van der Waals surface area contributed by atoms with Crippen molar-refractivity contribution in [1.82, 2.24) is 4.90 Å². The highest BCUT2D eigenvalue weighted by atomic mass is 16.2. The van der Waals surface area contributed by atoms with Gasteiger partial charge in [-0.15, -0.1) is 0 Å². The molecule has 0 aliphatic carbocycles. The first kappa shape index (κ1) is 8.60. The van der Waals surface area contributed by atoms with Crippen LogP contribution in [0, 0.1) is 0 Å². The molecule has 1 rings (SSSR count). The summed E-state index contributed by atoms with van der Waals surface area (Å²) >= 11 is 0. The van der Waals surface area contributed by atoms with Gasteiger partial charge in [-0.3, -0.25) is 4.79 Å². The second-order valence-corrected chi connectivity index (χ2v) is 5.00. The molecule has 0 unspecified atom stereocenters. The molecule has 106 valence electrons. The molecule has 0 bridgehead atoms. The molecular formula is C16H31NO. The Labute approximate surface area is 122 Å². The zero-order chi connectivity index (χ0) is 18.4. The van der Waals surface area contributed by atoms with Crippen LogP contribution in [0.25, 0.3) is 0 Å². The van der Waals surface area contributed by atoms with Crippen LogP contribution < -0.4 is 0 Å². The molecule has 0 atom stereocenters. The van der Waals surface area contributed by atoms with Gasteiger partial charge < -0.3 is 4.90 Å². The zero-order valence-electron chi connectivity index (χ0n) is 17.6. The quantitative estimate of drug-likeness (QED) is 0.499. The van der Waals surface area contributed by atoms with Gasteiger partial charge in [0.05, 0.1) is 0 Å². The molecule has 1 heterocycles. The number of carbonyl (C=O) groups excluding carboxylic acids is 1. The van der Waals surface area contributed by atoms with Gasteiger partial charge in [0.15, 0.2) is 0 Å². The van der Waals surface area contributed by atoms with Gasteiger partial charge in [-0.05, 0) is 12.8 Å². The van der Waals surface area contributed by atoms with E-state index in [2.05, 4.69) is 6.92 Å². The van der Waals surface area contributed by atoms with Crippen LogP contribution in [-0.2, 0) is 4.79 Å². The van der Waals surface area contributed by atoms with Crippen LogP contribution in [0.2, 0.25) is 0 Å². The Bertz CT molecular complexity index is 413. The van der Waals surface area contributed by atoms with Crippen LogP contribution in [0.4, 0.5) is 0 Å². The monoisotopic (exact) mass is 259 g/mol. The number of amides is 1. The molecule has 0 N–H and O–H groups in total. The van der Waals surface area contributed by atoms with Crippen LogP contribution in [0.1, 0.15) is 92.1 Å². The number of unbranched alkanes of at least 4 members (excludes halogenated alkanes) is 9. The number of nitrogens with zero attached hydrogens (tertiary/aromatic N) is 1. The molecule has 2 heteroatoms. The van der Waals surface area contributed by atoms with Crippen molar-refractivity contribution in [1.29, 1.82) is 0 Å². The summed E-state index contributed by atoms with van der Waals surface area (Å²) in [6.45, 7) is -0.335. The van der Waals surface area contributed by atoms with Gasteiger partial charge in [0, 0.05) is 27.6 Å². The lowest BCUT2D eigenvalue weighted by Gasteiger charge is -2.14. The molecule has 2 nitrogen and oxygen atoms in total. The van der Waals surface area contributed by atoms with Crippen molar-refractivity contribution < 1.29 is 13.0 Å². The molecular weight excluding hydrogens is 222 g/mol. The molecule has 0 aromatic heterocycles.